The van der Waals surface area contributed by atoms with Gasteiger partial charge in [0.2, 0.25) is 5.91 Å². The summed E-state index contributed by atoms with van der Waals surface area (Å²) in [5.74, 6) is -0.368. The molecule has 0 aliphatic heterocycles. The van der Waals surface area contributed by atoms with Crippen molar-refractivity contribution in [2.24, 2.45) is 0 Å². The molecule has 0 aliphatic rings. The second-order valence-corrected chi connectivity index (χ2v) is 8.82. The fourth-order valence-corrected chi connectivity index (χ4v) is 4.40. The molecule has 29 heavy (non-hydrogen) atoms. The maximum absolute atomic E-state index is 13.3. The Labute approximate surface area is 176 Å². The highest BCUT2D eigenvalue weighted by Gasteiger charge is 2.28. The van der Waals surface area contributed by atoms with Gasteiger partial charge in [-0.15, -0.1) is 0 Å². The van der Waals surface area contributed by atoms with E-state index in [0.717, 1.165) is 9.87 Å². The van der Waals surface area contributed by atoms with Crippen molar-refractivity contribution in [1.82, 2.24) is 0 Å². The average molecular weight is 429 g/mol. The van der Waals surface area contributed by atoms with Crippen LogP contribution in [0.15, 0.2) is 83.8 Å². The minimum absolute atomic E-state index is 0.104. The van der Waals surface area contributed by atoms with Gasteiger partial charge in [0.05, 0.1) is 10.6 Å². The number of hydrogen-bond acceptors (Lipinski definition) is 3. The SMILES string of the molecule is Cc1ccc(N(CC(=O)N(C)c2ccccc2)S(=O)(=O)c2ccccc2)cc1Cl. The van der Waals surface area contributed by atoms with E-state index in [4.69, 9.17) is 11.6 Å². The number of likely N-dealkylation sites (N-methyl/N-ethyl adjacent to an activating group) is 1. The van der Waals surface area contributed by atoms with Gasteiger partial charge >= 0.3 is 0 Å². The molecule has 0 heterocycles. The zero-order valence-corrected chi connectivity index (χ0v) is 17.7. The molecule has 0 atom stereocenters. The van der Waals surface area contributed by atoms with Gasteiger partial charge in [-0.25, -0.2) is 8.42 Å². The van der Waals surface area contributed by atoms with Crippen LogP contribution in [0.3, 0.4) is 0 Å². The Kier molecular flexibility index (Phi) is 6.25. The molecule has 3 aromatic carbocycles. The molecule has 5 nitrogen and oxygen atoms in total. The highest BCUT2D eigenvalue weighted by Crippen LogP contribution is 2.28. The largest absolute Gasteiger partial charge is 0.314 e. The Morgan fingerprint density at radius 1 is 0.897 bits per heavy atom. The summed E-state index contributed by atoms with van der Waals surface area (Å²) in [5.41, 5.74) is 1.83. The average Bonchev–Trinajstić information content (AvgIpc) is 2.74. The van der Waals surface area contributed by atoms with Crippen LogP contribution in [0, 0.1) is 6.92 Å². The van der Waals surface area contributed by atoms with Crippen LogP contribution in [0.1, 0.15) is 5.56 Å². The topological polar surface area (TPSA) is 57.7 Å². The highest BCUT2D eigenvalue weighted by atomic mass is 35.5. The van der Waals surface area contributed by atoms with Crippen molar-refractivity contribution in [3.05, 3.63) is 89.4 Å². The maximum Gasteiger partial charge on any atom is 0.264 e. The number of nitrogens with zero attached hydrogens (tertiary/aromatic N) is 2. The third-order valence-electron chi connectivity index (χ3n) is 4.57. The molecule has 0 saturated carbocycles. The lowest BCUT2D eigenvalue weighted by molar-refractivity contribution is -0.116. The molecule has 3 rings (SSSR count). The molecule has 0 aliphatic carbocycles. The van der Waals surface area contributed by atoms with Crippen molar-refractivity contribution < 1.29 is 13.2 Å². The normalized spacial score (nSPS) is 11.1. The minimum atomic E-state index is -3.97. The van der Waals surface area contributed by atoms with Crippen molar-refractivity contribution in [3.63, 3.8) is 0 Å². The first-order valence-corrected chi connectivity index (χ1v) is 10.8. The summed E-state index contributed by atoms with van der Waals surface area (Å²) in [5, 5.41) is 0.430. The number of sulfonamides is 1. The van der Waals surface area contributed by atoms with Crippen LogP contribution in [-0.2, 0) is 14.8 Å². The first-order valence-electron chi connectivity index (χ1n) is 8.96. The van der Waals surface area contributed by atoms with E-state index < -0.39 is 10.0 Å². The van der Waals surface area contributed by atoms with Crippen molar-refractivity contribution in [3.8, 4) is 0 Å². The second kappa shape index (κ2) is 8.68. The van der Waals surface area contributed by atoms with E-state index in [-0.39, 0.29) is 17.3 Å². The maximum atomic E-state index is 13.3. The molecule has 0 bridgehead atoms. The van der Waals surface area contributed by atoms with Crippen LogP contribution in [-0.4, -0.2) is 27.9 Å². The Morgan fingerprint density at radius 2 is 1.48 bits per heavy atom. The monoisotopic (exact) mass is 428 g/mol. The van der Waals surface area contributed by atoms with E-state index in [9.17, 15) is 13.2 Å². The standard InChI is InChI=1S/C22H21ClN2O3S/c1-17-13-14-19(15-21(17)23)25(29(27,28)20-11-7-4-8-12-20)16-22(26)24(2)18-9-5-3-6-10-18/h3-15H,16H2,1-2H3. The summed E-state index contributed by atoms with van der Waals surface area (Å²) >= 11 is 6.23. The molecule has 3 aromatic rings. The molecule has 0 unspecified atom stereocenters. The molecule has 7 heteroatoms. The molecule has 0 saturated heterocycles. The van der Waals surface area contributed by atoms with Crippen LogP contribution in [0.5, 0.6) is 0 Å². The van der Waals surface area contributed by atoms with Gasteiger partial charge in [0.15, 0.2) is 0 Å². The van der Waals surface area contributed by atoms with E-state index in [1.165, 1.54) is 17.0 Å². The van der Waals surface area contributed by atoms with E-state index in [1.807, 2.05) is 25.1 Å². The van der Waals surface area contributed by atoms with E-state index in [1.54, 1.807) is 55.6 Å². The number of halogens is 1. The first-order chi connectivity index (χ1) is 13.8. The van der Waals surface area contributed by atoms with Crippen molar-refractivity contribution in [2.45, 2.75) is 11.8 Å². The lowest BCUT2D eigenvalue weighted by Crippen LogP contribution is -2.41. The molecule has 0 N–H and O–H groups in total. The van der Waals surface area contributed by atoms with E-state index in [2.05, 4.69) is 0 Å². The number of anilines is 2. The summed E-state index contributed by atoms with van der Waals surface area (Å²) in [4.78, 5) is 14.5. The molecule has 0 radical (unpaired) electrons. The quantitative estimate of drug-likeness (QED) is 0.580. The smallest absolute Gasteiger partial charge is 0.264 e. The van der Waals surface area contributed by atoms with Gasteiger partial charge in [0.25, 0.3) is 10.0 Å². The van der Waals surface area contributed by atoms with Gasteiger partial charge in [-0.05, 0) is 48.9 Å². The minimum Gasteiger partial charge on any atom is -0.314 e. The van der Waals surface area contributed by atoms with Crippen LogP contribution in [0.4, 0.5) is 11.4 Å². The van der Waals surface area contributed by atoms with Gasteiger partial charge in [-0.2, -0.15) is 0 Å². The van der Waals surface area contributed by atoms with E-state index >= 15 is 0 Å². The van der Waals surface area contributed by atoms with E-state index in [0.29, 0.717) is 16.4 Å². The Bertz CT molecular complexity index is 1100. The molecule has 150 valence electrons. The Balaban J connectivity index is 2.01. The fourth-order valence-electron chi connectivity index (χ4n) is 2.80. The molecule has 0 spiro atoms. The summed E-state index contributed by atoms with van der Waals surface area (Å²) in [6.07, 6.45) is 0. The second-order valence-electron chi connectivity index (χ2n) is 6.55. The van der Waals surface area contributed by atoms with Crippen LogP contribution in [0.2, 0.25) is 5.02 Å². The fraction of sp³-hybridized carbons (Fsp3) is 0.136. The Morgan fingerprint density at radius 3 is 2.07 bits per heavy atom. The number of amides is 1. The van der Waals surface area contributed by atoms with Gasteiger partial charge in [-0.3, -0.25) is 9.10 Å². The van der Waals surface area contributed by atoms with Crippen LogP contribution in [0.25, 0.3) is 0 Å². The molecular weight excluding hydrogens is 408 g/mol. The molecule has 1 amide bonds. The predicted molar refractivity (Wildman–Crippen MR) is 117 cm³/mol. The van der Waals surface area contributed by atoms with Gasteiger partial charge < -0.3 is 4.90 Å². The molecular formula is C22H21ClN2O3S. The summed E-state index contributed by atoms with van der Waals surface area (Å²) in [6, 6.07) is 22.0. The Hall–Kier alpha value is -2.83. The van der Waals surface area contributed by atoms with Gasteiger partial charge in [0, 0.05) is 17.8 Å². The lowest BCUT2D eigenvalue weighted by Gasteiger charge is -2.27. The number of carbonyl (C=O) groups is 1. The van der Waals surface area contributed by atoms with Crippen molar-refractivity contribution >= 4 is 38.9 Å². The zero-order chi connectivity index (χ0) is 21.0. The van der Waals surface area contributed by atoms with Crippen LogP contribution < -0.4 is 9.21 Å². The molecule has 0 fully saturated rings. The number of benzene rings is 3. The number of carbonyl (C=O) groups excluding carboxylic acids is 1. The summed E-state index contributed by atoms with van der Waals surface area (Å²) in [7, 11) is -2.35. The van der Waals surface area contributed by atoms with Gasteiger partial charge in [0.1, 0.15) is 6.54 Å². The number of rotatable bonds is 6. The van der Waals surface area contributed by atoms with Gasteiger partial charge in [-0.1, -0.05) is 54.1 Å². The number of aryl methyl sites for hydroxylation is 1. The van der Waals surface area contributed by atoms with Crippen LogP contribution >= 0.6 is 11.6 Å². The van der Waals surface area contributed by atoms with Crippen molar-refractivity contribution in [2.75, 3.05) is 22.8 Å². The summed E-state index contributed by atoms with van der Waals surface area (Å²) < 4.78 is 27.8. The number of para-hydroxylation sites is 1. The highest BCUT2D eigenvalue weighted by molar-refractivity contribution is 7.92. The molecule has 0 aromatic heterocycles. The zero-order valence-electron chi connectivity index (χ0n) is 16.1. The predicted octanol–water partition coefficient (Wildman–Crippen LogP) is 4.51. The number of hydrogen-bond donors (Lipinski definition) is 0. The lowest BCUT2D eigenvalue weighted by atomic mass is 10.2. The summed E-state index contributed by atoms with van der Waals surface area (Å²) in [6.45, 7) is 1.47. The third kappa shape index (κ3) is 4.60. The first kappa shape index (κ1) is 20.9. The van der Waals surface area contributed by atoms with Crippen molar-refractivity contribution in [1.29, 1.82) is 0 Å². The third-order valence-corrected chi connectivity index (χ3v) is 6.77.